The number of benzene rings is 1. The third-order valence-electron chi connectivity index (χ3n) is 3.81. The number of likely N-dealkylation sites (N-methyl/N-ethyl adjacent to an activating group) is 1. The maximum Gasteiger partial charge on any atom is 0.0736 e. The maximum atomic E-state index is 10.2. The first-order chi connectivity index (χ1) is 8.25. The molecule has 1 saturated heterocycles. The van der Waals surface area contributed by atoms with Crippen molar-refractivity contribution < 1.29 is 5.11 Å². The average Bonchev–Trinajstić information content (AvgIpc) is 2.73. The molecule has 0 aliphatic carbocycles. The summed E-state index contributed by atoms with van der Waals surface area (Å²) >= 11 is 0. The first-order valence-electron chi connectivity index (χ1n) is 6.18. The van der Waals surface area contributed by atoms with Crippen LogP contribution in [0.1, 0.15) is 17.9 Å². The number of β-amino-alcohol motifs (C(OH)–C–C–N with tert-alkyl or cyclic N) is 1. The number of H-pyrrole nitrogens is 1. The van der Waals surface area contributed by atoms with Crippen LogP contribution in [0.5, 0.6) is 0 Å². The van der Waals surface area contributed by atoms with E-state index in [0.717, 1.165) is 25.0 Å². The van der Waals surface area contributed by atoms with Crippen molar-refractivity contribution in [2.75, 3.05) is 20.1 Å². The summed E-state index contributed by atoms with van der Waals surface area (Å²) in [5.41, 5.74) is 2.43. The van der Waals surface area contributed by atoms with Gasteiger partial charge in [-0.2, -0.15) is 0 Å². The Bertz CT molecular complexity index is 520. The van der Waals surface area contributed by atoms with Crippen LogP contribution in [0.2, 0.25) is 0 Å². The fraction of sp³-hybridized carbons (Fsp3) is 0.429. The van der Waals surface area contributed by atoms with Gasteiger partial charge in [-0.25, -0.2) is 0 Å². The number of fused-ring (bicyclic) bond motifs is 1. The molecule has 0 spiro atoms. The second-order valence-corrected chi connectivity index (χ2v) is 5.01. The lowest BCUT2D eigenvalue weighted by molar-refractivity contribution is 0.0642. The van der Waals surface area contributed by atoms with Gasteiger partial charge < -0.3 is 15.0 Å². The van der Waals surface area contributed by atoms with E-state index in [9.17, 15) is 5.11 Å². The van der Waals surface area contributed by atoms with Crippen LogP contribution in [0, 0.1) is 0 Å². The fourth-order valence-corrected chi connectivity index (χ4v) is 2.85. The van der Waals surface area contributed by atoms with Crippen LogP contribution in [0.3, 0.4) is 0 Å². The predicted octanol–water partition coefficient (Wildman–Crippen LogP) is 1.95. The van der Waals surface area contributed by atoms with Crippen molar-refractivity contribution in [1.82, 2.24) is 9.88 Å². The summed E-state index contributed by atoms with van der Waals surface area (Å²) in [6.45, 7) is 1.82. The largest absolute Gasteiger partial charge is 0.391 e. The van der Waals surface area contributed by atoms with E-state index in [2.05, 4.69) is 41.3 Å². The molecule has 2 atom stereocenters. The molecular weight excluding hydrogens is 212 g/mol. The molecular formula is C14H18N2O. The number of para-hydroxylation sites is 1. The maximum absolute atomic E-state index is 10.2. The van der Waals surface area contributed by atoms with E-state index in [1.165, 1.54) is 10.9 Å². The molecule has 1 aromatic carbocycles. The lowest BCUT2D eigenvalue weighted by Gasteiger charge is -2.33. The summed E-state index contributed by atoms with van der Waals surface area (Å²) in [5.74, 6) is 0.266. The molecule has 3 nitrogen and oxygen atoms in total. The van der Waals surface area contributed by atoms with Gasteiger partial charge >= 0.3 is 0 Å². The van der Waals surface area contributed by atoms with Gasteiger partial charge in [-0.1, -0.05) is 18.2 Å². The number of piperidine rings is 1. The number of aliphatic hydroxyl groups is 1. The van der Waals surface area contributed by atoms with E-state index >= 15 is 0 Å². The van der Waals surface area contributed by atoms with Gasteiger partial charge in [0.25, 0.3) is 0 Å². The summed E-state index contributed by atoms with van der Waals surface area (Å²) in [6, 6.07) is 8.31. The summed E-state index contributed by atoms with van der Waals surface area (Å²) in [7, 11) is 2.06. The first-order valence-corrected chi connectivity index (χ1v) is 6.18. The van der Waals surface area contributed by atoms with E-state index in [-0.39, 0.29) is 12.0 Å². The number of nitrogens with zero attached hydrogens (tertiary/aromatic N) is 1. The summed E-state index contributed by atoms with van der Waals surface area (Å²) in [5, 5.41) is 11.5. The summed E-state index contributed by atoms with van der Waals surface area (Å²) < 4.78 is 0. The smallest absolute Gasteiger partial charge is 0.0736 e. The van der Waals surface area contributed by atoms with Gasteiger partial charge in [0.1, 0.15) is 0 Å². The zero-order valence-electron chi connectivity index (χ0n) is 10.1. The molecule has 1 aliphatic heterocycles. The molecule has 0 saturated carbocycles. The summed E-state index contributed by atoms with van der Waals surface area (Å²) in [6.07, 6.45) is 2.83. The third kappa shape index (κ3) is 1.85. The predicted molar refractivity (Wildman–Crippen MR) is 69.2 cm³/mol. The molecule has 3 rings (SSSR count). The Morgan fingerprint density at radius 3 is 3.00 bits per heavy atom. The molecule has 0 amide bonds. The van der Waals surface area contributed by atoms with E-state index < -0.39 is 0 Å². The highest BCUT2D eigenvalue weighted by molar-refractivity contribution is 5.83. The molecule has 0 unspecified atom stereocenters. The van der Waals surface area contributed by atoms with Crippen LogP contribution in [0.4, 0.5) is 0 Å². The second kappa shape index (κ2) is 4.17. The van der Waals surface area contributed by atoms with Crippen LogP contribution in [-0.2, 0) is 0 Å². The fourth-order valence-electron chi connectivity index (χ4n) is 2.85. The number of rotatable bonds is 1. The number of aromatic amines is 1. The van der Waals surface area contributed by atoms with Gasteiger partial charge in [-0.15, -0.1) is 0 Å². The van der Waals surface area contributed by atoms with Crippen LogP contribution in [-0.4, -0.2) is 41.2 Å². The molecule has 1 fully saturated rings. The Kier molecular flexibility index (Phi) is 2.65. The van der Waals surface area contributed by atoms with Crippen molar-refractivity contribution in [3.63, 3.8) is 0 Å². The Balaban J connectivity index is 1.98. The van der Waals surface area contributed by atoms with E-state index in [0.29, 0.717) is 0 Å². The summed E-state index contributed by atoms with van der Waals surface area (Å²) in [4.78, 5) is 5.48. The highest BCUT2D eigenvalue weighted by Crippen LogP contribution is 2.32. The second-order valence-electron chi connectivity index (χ2n) is 5.01. The van der Waals surface area contributed by atoms with E-state index in [1.807, 2.05) is 6.07 Å². The standard InChI is InChI=1S/C14H18N2O/c1-16-7-6-11(14(17)9-16)12-8-15-13-5-3-2-4-10(12)13/h2-5,8,11,14-15,17H,6-7,9H2,1H3/t11-,14+/m1/s1. The van der Waals surface area contributed by atoms with Crippen LogP contribution in [0.25, 0.3) is 10.9 Å². The molecule has 1 aromatic heterocycles. The Labute approximate surface area is 101 Å². The van der Waals surface area contributed by atoms with E-state index in [1.54, 1.807) is 0 Å². The molecule has 0 radical (unpaired) electrons. The minimum absolute atomic E-state index is 0.257. The van der Waals surface area contributed by atoms with Gasteiger partial charge in [0.2, 0.25) is 0 Å². The lowest BCUT2D eigenvalue weighted by atomic mass is 9.87. The normalized spacial score (nSPS) is 26.5. The molecule has 17 heavy (non-hydrogen) atoms. The highest BCUT2D eigenvalue weighted by Gasteiger charge is 2.28. The Morgan fingerprint density at radius 2 is 2.18 bits per heavy atom. The van der Waals surface area contributed by atoms with Crippen LogP contribution >= 0.6 is 0 Å². The van der Waals surface area contributed by atoms with Crippen molar-refractivity contribution in [2.24, 2.45) is 0 Å². The molecule has 1 aliphatic rings. The number of likely N-dealkylation sites (tertiary alicyclic amines) is 1. The van der Waals surface area contributed by atoms with Gasteiger partial charge in [0.05, 0.1) is 6.10 Å². The Hall–Kier alpha value is -1.32. The number of aromatic nitrogens is 1. The Morgan fingerprint density at radius 1 is 1.35 bits per heavy atom. The van der Waals surface area contributed by atoms with Crippen molar-refractivity contribution in [1.29, 1.82) is 0 Å². The van der Waals surface area contributed by atoms with Crippen molar-refractivity contribution >= 4 is 10.9 Å². The lowest BCUT2D eigenvalue weighted by Crippen LogP contribution is -2.40. The first kappa shape index (κ1) is 10.8. The zero-order valence-corrected chi connectivity index (χ0v) is 10.1. The quantitative estimate of drug-likeness (QED) is 0.786. The minimum Gasteiger partial charge on any atom is -0.391 e. The molecule has 2 aromatic rings. The molecule has 2 heterocycles. The molecule has 3 heteroatoms. The monoisotopic (exact) mass is 230 g/mol. The topological polar surface area (TPSA) is 39.3 Å². The number of nitrogens with one attached hydrogen (secondary N) is 1. The third-order valence-corrected chi connectivity index (χ3v) is 3.81. The van der Waals surface area contributed by atoms with Gasteiger partial charge in [0, 0.05) is 29.6 Å². The zero-order chi connectivity index (χ0) is 11.8. The van der Waals surface area contributed by atoms with Gasteiger partial charge in [-0.05, 0) is 31.6 Å². The SMILES string of the molecule is CN1CC[C@H](c2c[nH]c3ccccc23)[C@@H](O)C1. The van der Waals surface area contributed by atoms with Gasteiger partial charge in [-0.3, -0.25) is 0 Å². The van der Waals surface area contributed by atoms with Crippen LogP contribution < -0.4 is 0 Å². The van der Waals surface area contributed by atoms with Gasteiger partial charge in [0.15, 0.2) is 0 Å². The van der Waals surface area contributed by atoms with Crippen molar-refractivity contribution in [3.05, 3.63) is 36.0 Å². The van der Waals surface area contributed by atoms with E-state index in [4.69, 9.17) is 0 Å². The van der Waals surface area contributed by atoms with Crippen molar-refractivity contribution in [3.8, 4) is 0 Å². The average molecular weight is 230 g/mol. The highest BCUT2D eigenvalue weighted by atomic mass is 16.3. The minimum atomic E-state index is -0.257. The molecule has 2 N–H and O–H groups in total. The van der Waals surface area contributed by atoms with Crippen molar-refractivity contribution in [2.45, 2.75) is 18.4 Å². The van der Waals surface area contributed by atoms with Crippen LogP contribution in [0.15, 0.2) is 30.5 Å². The molecule has 90 valence electrons. The number of aliphatic hydroxyl groups excluding tert-OH is 1. The number of hydrogen-bond donors (Lipinski definition) is 2. The number of hydrogen-bond acceptors (Lipinski definition) is 2. The molecule has 0 bridgehead atoms.